The molecule has 0 spiro atoms. The van der Waals surface area contributed by atoms with Gasteiger partial charge in [-0.15, -0.1) is 10.2 Å². The second-order valence-corrected chi connectivity index (χ2v) is 7.55. The van der Waals surface area contributed by atoms with Crippen LogP contribution in [0, 0.1) is 11.3 Å². The lowest BCUT2D eigenvalue weighted by molar-refractivity contribution is 0.590. The van der Waals surface area contributed by atoms with E-state index in [2.05, 4.69) is 66.3 Å². The average Bonchev–Trinajstić information content (AvgIpc) is 3.10. The third-order valence-corrected chi connectivity index (χ3v) is 4.62. The predicted octanol–water partition coefficient (Wildman–Crippen LogP) is 4.63. The van der Waals surface area contributed by atoms with E-state index < -0.39 is 0 Å². The number of hydrogen-bond acceptors (Lipinski definition) is 4. The highest BCUT2D eigenvalue weighted by Gasteiger charge is 2.14. The van der Waals surface area contributed by atoms with Crippen LogP contribution in [-0.4, -0.2) is 19.6 Å². The molecular formula is C22H19N5. The summed E-state index contributed by atoms with van der Waals surface area (Å²) in [4.78, 5) is 4.45. The molecule has 5 heteroatoms. The van der Waals surface area contributed by atoms with Gasteiger partial charge in [-0.05, 0) is 40.8 Å². The summed E-state index contributed by atoms with van der Waals surface area (Å²) in [5.41, 5.74) is 5.02. The fourth-order valence-electron chi connectivity index (χ4n) is 2.99. The standard InChI is InChI=1S/C22H19N5/c1-22(2,3)19-10-8-16(9-11-19)18-13-24-21-26-25-20(27(21)14-18)17-6-4-15(12-23)5-7-17/h4-11,13-14H,1-3H3. The van der Waals surface area contributed by atoms with Crippen molar-refractivity contribution in [3.63, 3.8) is 0 Å². The van der Waals surface area contributed by atoms with Gasteiger partial charge in [0.1, 0.15) is 0 Å². The van der Waals surface area contributed by atoms with Crippen LogP contribution in [0.5, 0.6) is 0 Å². The molecule has 132 valence electrons. The Labute approximate surface area is 158 Å². The Hall–Kier alpha value is -3.52. The normalized spacial score (nSPS) is 11.5. The van der Waals surface area contributed by atoms with E-state index in [0.717, 1.165) is 16.7 Å². The van der Waals surface area contributed by atoms with Gasteiger partial charge < -0.3 is 0 Å². The minimum Gasteiger partial charge on any atom is -0.266 e. The summed E-state index contributed by atoms with van der Waals surface area (Å²) in [6.45, 7) is 6.61. The SMILES string of the molecule is CC(C)(C)c1ccc(-c2cnc3nnc(-c4ccc(C#N)cc4)n3c2)cc1. The number of nitriles is 1. The van der Waals surface area contributed by atoms with E-state index in [1.165, 1.54) is 5.56 Å². The van der Waals surface area contributed by atoms with E-state index in [9.17, 15) is 0 Å². The van der Waals surface area contributed by atoms with Crippen molar-refractivity contribution in [1.29, 1.82) is 5.26 Å². The Morgan fingerprint density at radius 3 is 2.15 bits per heavy atom. The van der Waals surface area contributed by atoms with Crippen LogP contribution < -0.4 is 0 Å². The van der Waals surface area contributed by atoms with Gasteiger partial charge >= 0.3 is 0 Å². The first-order chi connectivity index (χ1) is 13.0. The van der Waals surface area contributed by atoms with Gasteiger partial charge in [0.05, 0.1) is 11.6 Å². The van der Waals surface area contributed by atoms with Crippen LogP contribution in [-0.2, 0) is 5.41 Å². The number of aromatic nitrogens is 4. The molecule has 0 atom stereocenters. The molecule has 2 aromatic heterocycles. The molecule has 0 N–H and O–H groups in total. The Balaban J connectivity index is 1.76. The number of benzene rings is 2. The van der Waals surface area contributed by atoms with Gasteiger partial charge in [0, 0.05) is 23.5 Å². The molecule has 27 heavy (non-hydrogen) atoms. The molecule has 2 aromatic carbocycles. The Bertz CT molecular complexity index is 1140. The van der Waals surface area contributed by atoms with Gasteiger partial charge in [0.15, 0.2) is 5.82 Å². The lowest BCUT2D eigenvalue weighted by Gasteiger charge is -2.19. The zero-order valence-corrected chi connectivity index (χ0v) is 15.5. The number of rotatable bonds is 2. The van der Waals surface area contributed by atoms with Crippen LogP contribution in [0.25, 0.3) is 28.3 Å². The summed E-state index contributed by atoms with van der Waals surface area (Å²) in [6.07, 6.45) is 3.82. The average molecular weight is 353 g/mol. The van der Waals surface area contributed by atoms with Crippen LogP contribution in [0.2, 0.25) is 0 Å². The minimum atomic E-state index is 0.123. The van der Waals surface area contributed by atoms with Gasteiger partial charge in [0.2, 0.25) is 0 Å². The highest BCUT2D eigenvalue weighted by Crippen LogP contribution is 2.27. The molecule has 0 saturated carbocycles. The van der Waals surface area contributed by atoms with Gasteiger partial charge in [-0.2, -0.15) is 5.26 Å². The Morgan fingerprint density at radius 1 is 0.852 bits per heavy atom. The molecule has 5 nitrogen and oxygen atoms in total. The van der Waals surface area contributed by atoms with Gasteiger partial charge in [0.25, 0.3) is 5.78 Å². The summed E-state index contributed by atoms with van der Waals surface area (Å²) in [6, 6.07) is 18.0. The molecule has 0 amide bonds. The lowest BCUT2D eigenvalue weighted by atomic mass is 9.86. The maximum atomic E-state index is 8.97. The molecule has 0 unspecified atom stereocenters. The largest absolute Gasteiger partial charge is 0.266 e. The summed E-state index contributed by atoms with van der Waals surface area (Å²) in [5.74, 6) is 1.25. The zero-order valence-electron chi connectivity index (χ0n) is 15.5. The first kappa shape index (κ1) is 16.9. The van der Waals surface area contributed by atoms with Gasteiger partial charge in [-0.3, -0.25) is 4.40 Å². The monoisotopic (exact) mass is 353 g/mol. The molecule has 0 aliphatic rings. The van der Waals surface area contributed by atoms with Crippen molar-refractivity contribution in [2.45, 2.75) is 26.2 Å². The van der Waals surface area contributed by atoms with Crippen LogP contribution in [0.15, 0.2) is 60.9 Å². The fourth-order valence-corrected chi connectivity index (χ4v) is 2.99. The fraction of sp³-hybridized carbons (Fsp3) is 0.182. The summed E-state index contributed by atoms with van der Waals surface area (Å²) in [5, 5.41) is 17.4. The van der Waals surface area contributed by atoms with E-state index in [1.54, 1.807) is 12.1 Å². The summed E-state index contributed by atoms with van der Waals surface area (Å²) >= 11 is 0. The third kappa shape index (κ3) is 3.18. The van der Waals surface area contributed by atoms with Crippen molar-refractivity contribution >= 4 is 5.78 Å². The minimum absolute atomic E-state index is 0.123. The lowest BCUT2D eigenvalue weighted by Crippen LogP contribution is -2.10. The van der Waals surface area contributed by atoms with E-state index in [4.69, 9.17) is 5.26 Å². The molecule has 4 aromatic rings. The highest BCUT2D eigenvalue weighted by molar-refractivity contribution is 5.65. The quantitative estimate of drug-likeness (QED) is 0.527. The van der Waals surface area contributed by atoms with Crippen molar-refractivity contribution < 1.29 is 0 Å². The predicted molar refractivity (Wildman–Crippen MR) is 105 cm³/mol. The van der Waals surface area contributed by atoms with Gasteiger partial charge in [-0.1, -0.05) is 45.0 Å². The van der Waals surface area contributed by atoms with Crippen molar-refractivity contribution in [2.75, 3.05) is 0 Å². The van der Waals surface area contributed by atoms with E-state index in [0.29, 0.717) is 17.2 Å². The maximum absolute atomic E-state index is 8.97. The third-order valence-electron chi connectivity index (χ3n) is 4.62. The molecule has 0 aliphatic heterocycles. The summed E-state index contributed by atoms with van der Waals surface area (Å²) < 4.78 is 1.88. The maximum Gasteiger partial charge on any atom is 0.255 e. The number of hydrogen-bond donors (Lipinski definition) is 0. The second-order valence-electron chi connectivity index (χ2n) is 7.55. The van der Waals surface area contributed by atoms with Crippen LogP contribution >= 0.6 is 0 Å². The molecule has 0 fully saturated rings. The van der Waals surface area contributed by atoms with Crippen molar-refractivity contribution in [2.24, 2.45) is 0 Å². The van der Waals surface area contributed by atoms with Crippen molar-refractivity contribution in [3.8, 4) is 28.6 Å². The Kier molecular flexibility index (Phi) is 3.97. The van der Waals surface area contributed by atoms with E-state index in [1.807, 2.05) is 28.9 Å². The molecule has 0 aliphatic carbocycles. The van der Waals surface area contributed by atoms with Crippen LogP contribution in [0.4, 0.5) is 0 Å². The highest BCUT2D eigenvalue weighted by atomic mass is 15.3. The first-order valence-corrected chi connectivity index (χ1v) is 8.78. The Morgan fingerprint density at radius 2 is 1.52 bits per heavy atom. The number of nitrogens with zero attached hydrogens (tertiary/aromatic N) is 5. The summed E-state index contributed by atoms with van der Waals surface area (Å²) in [7, 11) is 0. The van der Waals surface area contributed by atoms with Crippen LogP contribution in [0.1, 0.15) is 31.9 Å². The van der Waals surface area contributed by atoms with Gasteiger partial charge in [-0.25, -0.2) is 4.98 Å². The smallest absolute Gasteiger partial charge is 0.255 e. The van der Waals surface area contributed by atoms with E-state index >= 15 is 0 Å². The van der Waals surface area contributed by atoms with Crippen LogP contribution in [0.3, 0.4) is 0 Å². The zero-order chi connectivity index (χ0) is 19.0. The molecule has 2 heterocycles. The first-order valence-electron chi connectivity index (χ1n) is 8.78. The molecule has 0 bridgehead atoms. The molecular weight excluding hydrogens is 334 g/mol. The molecule has 0 saturated heterocycles. The number of fused-ring (bicyclic) bond motifs is 1. The van der Waals surface area contributed by atoms with Crippen molar-refractivity contribution in [3.05, 3.63) is 72.1 Å². The molecule has 4 rings (SSSR count). The van der Waals surface area contributed by atoms with Crippen molar-refractivity contribution in [1.82, 2.24) is 19.6 Å². The van der Waals surface area contributed by atoms with E-state index in [-0.39, 0.29) is 5.41 Å². The molecule has 0 radical (unpaired) electrons. The second kappa shape index (κ2) is 6.33. The topological polar surface area (TPSA) is 66.9 Å².